The summed E-state index contributed by atoms with van der Waals surface area (Å²) in [5.41, 5.74) is 7.97. The Labute approximate surface area is 363 Å². The molecule has 0 aliphatic carbocycles. The number of carboxylic acids is 2. The maximum absolute atomic E-state index is 14.0. The van der Waals surface area contributed by atoms with Gasteiger partial charge >= 0.3 is 11.9 Å². The maximum Gasteiger partial charge on any atom is 0.326 e. The van der Waals surface area contributed by atoms with Crippen LogP contribution in [0.25, 0.3) is 0 Å². The van der Waals surface area contributed by atoms with Crippen LogP contribution in [-0.2, 0) is 68.8 Å². The summed E-state index contributed by atoms with van der Waals surface area (Å²) >= 11 is 0. The highest BCUT2D eigenvalue weighted by Crippen LogP contribution is 2.07. The topological polar surface area (TPSA) is 419 Å². The summed E-state index contributed by atoms with van der Waals surface area (Å²) < 4.78 is 0. The number of hydrogen-bond donors (Lipinski definition) is 14. The molecule has 4 rings (SSSR count). The van der Waals surface area contributed by atoms with Gasteiger partial charge in [-0.2, -0.15) is 0 Å². The molecule has 0 radical (unpaired) electrons. The third-order valence-corrected chi connectivity index (χ3v) is 9.42. The zero-order valence-electron chi connectivity index (χ0n) is 34.7. The number of rotatable bonds is 25. The minimum atomic E-state index is -1.77. The SMILES string of the molecule is C[C@H](NC(=O)[C@H](C)NC(=O)[C@H](Cc1cnc[nH]1)NC(=O)[C@H](Cc1cnc[nH]1)NC(=O)[C@H](C)NC(=O)[C@H](Cc1cnc[nH]1)NC(=O)[C@@H](N)Cc1cnc[nH]1)C(=O)N[C@@H](CC(=O)O)C(=O)O. The second-order valence-electron chi connectivity index (χ2n) is 14.6. The van der Waals surface area contributed by atoms with Crippen LogP contribution in [0, 0.1) is 0 Å². The van der Waals surface area contributed by atoms with Gasteiger partial charge in [0.25, 0.3) is 0 Å². The summed E-state index contributed by atoms with van der Waals surface area (Å²) in [4.78, 5) is 143. The van der Waals surface area contributed by atoms with Gasteiger partial charge in [0.2, 0.25) is 41.4 Å². The number of aliphatic carboxylic acids is 2. The van der Waals surface area contributed by atoms with E-state index in [-0.39, 0.29) is 25.7 Å². The molecular weight excluding hydrogens is 845 g/mol. The summed E-state index contributed by atoms with van der Waals surface area (Å²) in [7, 11) is 0. The average Bonchev–Trinajstić information content (AvgIpc) is 4.10. The number of carbonyl (C=O) groups is 9. The number of imidazole rings is 4. The maximum atomic E-state index is 14.0. The number of nitrogens with one attached hydrogen (secondary N) is 11. The van der Waals surface area contributed by atoms with Gasteiger partial charge in [-0.15, -0.1) is 0 Å². The quantitative estimate of drug-likeness (QED) is 0.0297. The van der Waals surface area contributed by atoms with Crippen LogP contribution in [0.15, 0.2) is 50.1 Å². The summed E-state index contributed by atoms with van der Waals surface area (Å²) in [5, 5.41) is 35.3. The molecule has 0 fully saturated rings. The van der Waals surface area contributed by atoms with Crippen LogP contribution >= 0.6 is 0 Å². The number of nitrogens with two attached hydrogens (primary N) is 1. The minimum absolute atomic E-state index is 0.0518. The van der Waals surface area contributed by atoms with E-state index in [1.807, 2.05) is 5.32 Å². The number of H-pyrrole nitrogens is 4. The fourth-order valence-electron chi connectivity index (χ4n) is 5.88. The molecule has 0 unspecified atom stereocenters. The molecule has 0 saturated heterocycles. The molecule has 8 atom stereocenters. The Morgan fingerprint density at radius 2 is 0.766 bits per heavy atom. The van der Waals surface area contributed by atoms with E-state index < -0.39 is 108 Å². The van der Waals surface area contributed by atoms with Crippen LogP contribution in [-0.4, -0.2) is 152 Å². The molecule has 7 amide bonds. The highest BCUT2D eigenvalue weighted by Gasteiger charge is 2.33. The van der Waals surface area contributed by atoms with E-state index in [1.54, 1.807) is 0 Å². The molecule has 0 aliphatic rings. The number of carboxylic acid groups (broad SMARTS) is 2. The van der Waals surface area contributed by atoms with Gasteiger partial charge in [-0.1, -0.05) is 0 Å². The van der Waals surface area contributed by atoms with E-state index in [0.717, 1.165) is 0 Å². The predicted octanol–water partition coefficient (Wildman–Crippen LogP) is -4.81. The summed E-state index contributed by atoms with van der Waals surface area (Å²) in [6, 6.07) is -10.8. The summed E-state index contributed by atoms with van der Waals surface area (Å²) in [6.07, 6.45) is 10.0. The third kappa shape index (κ3) is 15.2. The number of hydrogen-bond acceptors (Lipinski definition) is 14. The minimum Gasteiger partial charge on any atom is -0.481 e. The van der Waals surface area contributed by atoms with Crippen LogP contribution in [0.4, 0.5) is 0 Å². The molecule has 27 heteroatoms. The van der Waals surface area contributed by atoms with Crippen molar-refractivity contribution in [2.75, 3.05) is 0 Å². The van der Waals surface area contributed by atoms with Crippen LogP contribution in [0.5, 0.6) is 0 Å². The van der Waals surface area contributed by atoms with Gasteiger partial charge < -0.3 is 73.1 Å². The van der Waals surface area contributed by atoms with E-state index in [1.165, 1.54) is 70.9 Å². The number of aromatic amines is 4. The first-order valence-electron chi connectivity index (χ1n) is 19.6. The molecule has 0 saturated carbocycles. The van der Waals surface area contributed by atoms with Gasteiger partial charge in [0.05, 0.1) is 37.8 Å². The van der Waals surface area contributed by atoms with Crippen molar-refractivity contribution in [1.29, 1.82) is 0 Å². The first-order valence-corrected chi connectivity index (χ1v) is 19.6. The second-order valence-corrected chi connectivity index (χ2v) is 14.6. The van der Waals surface area contributed by atoms with Crippen molar-refractivity contribution in [2.45, 2.75) is 101 Å². The fraction of sp³-hybridized carbons (Fsp3) is 0.432. The normalized spacial score (nSPS) is 14.8. The number of nitrogens with zero attached hydrogens (tertiary/aromatic N) is 4. The highest BCUT2D eigenvalue weighted by atomic mass is 16.4. The lowest BCUT2D eigenvalue weighted by Gasteiger charge is -2.26. The Bertz CT molecular complexity index is 2200. The Kier molecular flexibility index (Phi) is 17.7. The van der Waals surface area contributed by atoms with Crippen molar-refractivity contribution in [1.82, 2.24) is 77.1 Å². The largest absolute Gasteiger partial charge is 0.481 e. The van der Waals surface area contributed by atoms with Gasteiger partial charge in [0.1, 0.15) is 42.3 Å². The Morgan fingerprint density at radius 3 is 1.11 bits per heavy atom. The average molecular weight is 895 g/mol. The lowest BCUT2D eigenvalue weighted by atomic mass is 10.1. The Morgan fingerprint density at radius 1 is 0.469 bits per heavy atom. The Balaban J connectivity index is 1.43. The van der Waals surface area contributed by atoms with Gasteiger partial charge in [-0.25, -0.2) is 24.7 Å². The van der Waals surface area contributed by atoms with E-state index in [9.17, 15) is 48.3 Å². The Hall–Kier alpha value is -7.97. The molecule has 27 nitrogen and oxygen atoms in total. The van der Waals surface area contributed by atoms with E-state index in [2.05, 4.69) is 71.8 Å². The van der Waals surface area contributed by atoms with Crippen molar-refractivity contribution >= 4 is 53.3 Å². The zero-order valence-corrected chi connectivity index (χ0v) is 34.7. The first kappa shape index (κ1) is 48.7. The predicted molar refractivity (Wildman–Crippen MR) is 218 cm³/mol. The molecule has 0 spiro atoms. The van der Waals surface area contributed by atoms with E-state index in [0.29, 0.717) is 22.8 Å². The van der Waals surface area contributed by atoms with E-state index >= 15 is 0 Å². The van der Waals surface area contributed by atoms with Crippen molar-refractivity contribution in [2.24, 2.45) is 5.73 Å². The van der Waals surface area contributed by atoms with Crippen LogP contribution in [0.3, 0.4) is 0 Å². The second kappa shape index (κ2) is 23.3. The molecule has 4 aromatic heterocycles. The first-order chi connectivity index (χ1) is 30.4. The van der Waals surface area contributed by atoms with Crippen LogP contribution < -0.4 is 43.0 Å². The molecule has 0 bridgehead atoms. The standard InChI is InChI=1S/C37H50N16O11/c1-17(30(56)47-18(2)32(58)53-28(37(63)64)8-29(54)55)48-35(61)26(6-22-11-41-15-45-22)52-36(62)27(7-23-12-42-16-46-23)50-31(57)19(3)49-34(60)25(5-21-10-40-14-44-21)51-33(59)24(38)4-20-9-39-13-43-20/h9-19,24-28H,4-8,38H2,1-3H3,(H,39,43)(H,40,44)(H,41,45)(H,42,46)(H,47,56)(H,48,61)(H,49,60)(H,50,57)(H,51,59)(H,52,62)(H,53,58)(H,54,55)(H,63,64)/t17-,18-,19-,24-,25-,26-,27-,28-/m0/s1. The van der Waals surface area contributed by atoms with Crippen molar-refractivity contribution in [3.8, 4) is 0 Å². The van der Waals surface area contributed by atoms with Crippen molar-refractivity contribution in [3.05, 3.63) is 72.9 Å². The fourth-order valence-corrected chi connectivity index (χ4v) is 5.88. The molecule has 64 heavy (non-hydrogen) atoms. The molecule has 344 valence electrons. The van der Waals surface area contributed by atoms with Crippen LogP contribution in [0.1, 0.15) is 50.0 Å². The van der Waals surface area contributed by atoms with E-state index in [4.69, 9.17) is 10.8 Å². The number of carbonyl (C=O) groups excluding carboxylic acids is 7. The lowest BCUT2D eigenvalue weighted by molar-refractivity contribution is -0.147. The summed E-state index contributed by atoms with van der Waals surface area (Å²) in [6.45, 7) is 3.83. The smallest absolute Gasteiger partial charge is 0.326 e. The molecule has 15 N–H and O–H groups in total. The van der Waals surface area contributed by atoms with Gasteiger partial charge in [0.15, 0.2) is 0 Å². The molecular formula is C37H50N16O11. The molecule has 4 heterocycles. The molecule has 4 aromatic rings. The van der Waals surface area contributed by atoms with Crippen molar-refractivity contribution in [3.63, 3.8) is 0 Å². The van der Waals surface area contributed by atoms with Gasteiger partial charge in [-0.3, -0.25) is 38.4 Å². The summed E-state index contributed by atoms with van der Waals surface area (Å²) in [5.74, 6) is -8.98. The molecule has 0 aliphatic heterocycles. The zero-order chi connectivity index (χ0) is 46.9. The highest BCUT2D eigenvalue weighted by molar-refractivity contribution is 5.97. The van der Waals surface area contributed by atoms with Gasteiger partial charge in [0, 0.05) is 73.2 Å². The monoisotopic (exact) mass is 894 g/mol. The number of amides is 7. The van der Waals surface area contributed by atoms with Crippen molar-refractivity contribution < 1.29 is 53.4 Å². The number of aromatic nitrogens is 8. The molecule has 0 aromatic carbocycles. The lowest BCUT2D eigenvalue weighted by Crippen LogP contribution is -2.60. The van der Waals surface area contributed by atoms with Crippen LogP contribution in [0.2, 0.25) is 0 Å². The van der Waals surface area contributed by atoms with Gasteiger partial charge in [-0.05, 0) is 20.8 Å². The third-order valence-electron chi connectivity index (χ3n) is 9.42.